The van der Waals surface area contributed by atoms with Gasteiger partial charge in [0.2, 0.25) is 0 Å². The highest BCUT2D eigenvalue weighted by atomic mass is 35.5. The van der Waals surface area contributed by atoms with Gasteiger partial charge in [-0.2, -0.15) is 0 Å². The Hall–Kier alpha value is -2.78. The number of nitrogens with one attached hydrogen (secondary N) is 2. The van der Waals surface area contributed by atoms with Crippen molar-refractivity contribution in [3.63, 3.8) is 0 Å². The Kier molecular flexibility index (Phi) is 7.54. The Morgan fingerprint density at radius 3 is 2.55 bits per heavy atom. The highest BCUT2D eigenvalue weighted by Crippen LogP contribution is 2.31. The van der Waals surface area contributed by atoms with Gasteiger partial charge >= 0.3 is 0 Å². The van der Waals surface area contributed by atoms with Crippen LogP contribution in [0.15, 0.2) is 71.8 Å². The molecule has 0 atom stereocenters. The molecule has 0 amide bonds. The van der Waals surface area contributed by atoms with Crippen molar-refractivity contribution in [2.45, 2.75) is 11.4 Å². The summed E-state index contributed by atoms with van der Waals surface area (Å²) in [5.41, 5.74) is 2.07. The molecule has 0 fully saturated rings. The molecule has 0 saturated carbocycles. The van der Waals surface area contributed by atoms with Crippen LogP contribution < -0.4 is 15.4 Å². The van der Waals surface area contributed by atoms with Gasteiger partial charge in [-0.05, 0) is 55.1 Å². The summed E-state index contributed by atoms with van der Waals surface area (Å²) in [6.45, 7) is 0.481. The van der Waals surface area contributed by atoms with Gasteiger partial charge in [0.25, 0.3) is 10.0 Å². The first-order valence-electron chi connectivity index (χ1n) is 9.74. The molecule has 3 aromatic carbocycles. The summed E-state index contributed by atoms with van der Waals surface area (Å²) < 4.78 is 47.5. The Bertz CT molecular complexity index is 1410. The zero-order valence-electron chi connectivity index (χ0n) is 17.8. The van der Waals surface area contributed by atoms with E-state index in [0.717, 1.165) is 10.9 Å². The molecule has 0 bridgehead atoms. The van der Waals surface area contributed by atoms with E-state index < -0.39 is 15.8 Å². The summed E-state index contributed by atoms with van der Waals surface area (Å²) in [5.74, 6) is -0.0797. The lowest BCUT2D eigenvalue weighted by molar-refractivity contribution is 0.411. The summed E-state index contributed by atoms with van der Waals surface area (Å²) >= 11 is 6.03. The molecule has 0 radical (unpaired) electrons. The predicted molar refractivity (Wildman–Crippen MR) is 132 cm³/mol. The van der Waals surface area contributed by atoms with Crippen LogP contribution in [0.1, 0.15) is 5.56 Å². The summed E-state index contributed by atoms with van der Waals surface area (Å²) in [6.07, 6.45) is 1.59. The van der Waals surface area contributed by atoms with Gasteiger partial charge in [-0.1, -0.05) is 23.7 Å². The predicted octanol–water partition coefficient (Wildman–Crippen LogP) is 5.56. The molecule has 0 aliphatic carbocycles. The number of halogens is 3. The maximum Gasteiger partial charge on any atom is 0.268 e. The monoisotopic (exact) mass is 509 g/mol. The summed E-state index contributed by atoms with van der Waals surface area (Å²) in [7, 11) is -0.652. The van der Waals surface area contributed by atoms with Crippen LogP contribution in [0.2, 0.25) is 5.02 Å². The topological polar surface area (TPSA) is 72.4 Å². The average molecular weight is 510 g/mol. The third-order valence-electron chi connectivity index (χ3n) is 5.03. The van der Waals surface area contributed by atoms with Crippen molar-refractivity contribution < 1.29 is 17.5 Å². The lowest BCUT2D eigenvalue weighted by Gasteiger charge is -2.11. The number of benzene rings is 3. The van der Waals surface area contributed by atoms with Gasteiger partial charge in [0.05, 0.1) is 23.2 Å². The Labute approximate surface area is 202 Å². The van der Waals surface area contributed by atoms with E-state index in [4.69, 9.17) is 16.3 Å². The summed E-state index contributed by atoms with van der Waals surface area (Å²) in [4.78, 5) is 0.0810. The molecule has 6 nitrogen and oxygen atoms in total. The van der Waals surface area contributed by atoms with Crippen molar-refractivity contribution in [1.29, 1.82) is 0 Å². The first-order chi connectivity index (χ1) is 15.3. The SMILES string of the molecule is CNCc1cn(S(=O)(=O)c2cccc(Cl)c2)c2cc(Nc3ccc(OC)cc3F)ccc12.Cl. The van der Waals surface area contributed by atoms with Crippen LogP contribution in [0.25, 0.3) is 10.9 Å². The fraction of sp³-hybridized carbons (Fsp3) is 0.130. The van der Waals surface area contributed by atoms with E-state index in [9.17, 15) is 12.8 Å². The standard InChI is InChI=1S/C23H21ClFN3O3S.ClH/c1-26-13-15-14-28(32(29,30)19-5-3-4-16(24)10-19)23-11-17(6-8-20(15)23)27-22-9-7-18(31-2)12-21(22)25;/h3-12,14,26-27H,13H2,1-2H3;1H. The van der Waals surface area contributed by atoms with Crippen LogP contribution in [0.4, 0.5) is 15.8 Å². The summed E-state index contributed by atoms with van der Waals surface area (Å²) in [5, 5.41) is 7.16. The highest BCUT2D eigenvalue weighted by molar-refractivity contribution is 7.90. The fourth-order valence-electron chi connectivity index (χ4n) is 3.49. The van der Waals surface area contributed by atoms with Crippen molar-refractivity contribution in [1.82, 2.24) is 9.29 Å². The van der Waals surface area contributed by atoms with Gasteiger partial charge in [-0.3, -0.25) is 0 Å². The van der Waals surface area contributed by atoms with Crippen molar-refractivity contribution in [3.05, 3.63) is 83.3 Å². The van der Waals surface area contributed by atoms with Crippen molar-refractivity contribution in [3.8, 4) is 5.75 Å². The van der Waals surface area contributed by atoms with Crippen molar-refractivity contribution >= 4 is 56.3 Å². The quantitative estimate of drug-likeness (QED) is 0.341. The maximum atomic E-state index is 14.4. The zero-order valence-corrected chi connectivity index (χ0v) is 20.2. The van der Waals surface area contributed by atoms with Crippen LogP contribution in [-0.4, -0.2) is 26.5 Å². The van der Waals surface area contributed by atoms with E-state index >= 15 is 0 Å². The number of aromatic nitrogens is 1. The van der Waals surface area contributed by atoms with Crippen LogP contribution in [0.3, 0.4) is 0 Å². The molecule has 0 aliphatic rings. The largest absolute Gasteiger partial charge is 0.497 e. The van der Waals surface area contributed by atoms with Crippen LogP contribution >= 0.6 is 24.0 Å². The molecule has 1 aromatic heterocycles. The minimum absolute atomic E-state index is 0. The number of rotatable bonds is 7. The number of hydrogen-bond donors (Lipinski definition) is 2. The lowest BCUT2D eigenvalue weighted by atomic mass is 10.1. The summed E-state index contributed by atoms with van der Waals surface area (Å²) in [6, 6.07) is 15.9. The minimum Gasteiger partial charge on any atom is -0.497 e. The number of nitrogens with zero attached hydrogens (tertiary/aromatic N) is 1. The second-order valence-electron chi connectivity index (χ2n) is 7.15. The number of methoxy groups -OCH3 is 1. The van der Waals surface area contributed by atoms with Gasteiger partial charge in [0, 0.05) is 34.9 Å². The van der Waals surface area contributed by atoms with Gasteiger partial charge in [0.1, 0.15) is 11.6 Å². The molecule has 4 rings (SSSR count). The van der Waals surface area contributed by atoms with E-state index in [-0.39, 0.29) is 23.0 Å². The molecule has 1 heterocycles. The molecule has 0 aliphatic heterocycles. The van der Waals surface area contributed by atoms with E-state index in [1.54, 1.807) is 49.6 Å². The smallest absolute Gasteiger partial charge is 0.268 e. The molecule has 4 aromatic rings. The Morgan fingerprint density at radius 2 is 1.88 bits per heavy atom. The molecular formula is C23H22Cl2FN3O3S. The molecule has 2 N–H and O–H groups in total. The molecule has 0 unspecified atom stereocenters. The Morgan fingerprint density at radius 1 is 1.09 bits per heavy atom. The average Bonchev–Trinajstić information content (AvgIpc) is 3.14. The van der Waals surface area contributed by atoms with Gasteiger partial charge in [-0.25, -0.2) is 16.8 Å². The normalized spacial score (nSPS) is 11.3. The minimum atomic E-state index is -3.91. The van der Waals surface area contributed by atoms with E-state index in [1.165, 1.54) is 29.3 Å². The first kappa shape index (κ1) is 24.9. The molecule has 174 valence electrons. The zero-order chi connectivity index (χ0) is 22.9. The molecule has 33 heavy (non-hydrogen) atoms. The molecular weight excluding hydrogens is 488 g/mol. The van der Waals surface area contributed by atoms with Crippen molar-refractivity contribution in [2.24, 2.45) is 0 Å². The molecule has 10 heteroatoms. The lowest BCUT2D eigenvalue weighted by Crippen LogP contribution is -2.12. The molecule has 0 saturated heterocycles. The Balaban J connectivity index is 0.00000306. The van der Waals surface area contributed by atoms with Gasteiger partial charge in [0.15, 0.2) is 0 Å². The number of ether oxygens (including phenoxy) is 1. The number of hydrogen-bond acceptors (Lipinski definition) is 5. The molecule has 0 spiro atoms. The van der Waals surface area contributed by atoms with E-state index in [1.807, 2.05) is 6.07 Å². The number of fused-ring (bicyclic) bond motifs is 1. The van der Waals surface area contributed by atoms with Gasteiger partial charge in [-0.15, -0.1) is 12.4 Å². The van der Waals surface area contributed by atoms with E-state index in [2.05, 4.69) is 10.6 Å². The van der Waals surface area contributed by atoms with E-state index in [0.29, 0.717) is 28.5 Å². The second kappa shape index (κ2) is 10.0. The third kappa shape index (κ3) is 4.94. The number of anilines is 2. The maximum absolute atomic E-state index is 14.4. The van der Waals surface area contributed by atoms with Crippen LogP contribution in [-0.2, 0) is 16.6 Å². The highest BCUT2D eigenvalue weighted by Gasteiger charge is 2.22. The second-order valence-corrected chi connectivity index (χ2v) is 9.40. The van der Waals surface area contributed by atoms with Gasteiger partial charge < -0.3 is 15.4 Å². The first-order valence-corrected chi connectivity index (χ1v) is 11.6. The van der Waals surface area contributed by atoms with Crippen molar-refractivity contribution in [2.75, 3.05) is 19.5 Å². The fourth-order valence-corrected chi connectivity index (χ4v) is 5.18. The third-order valence-corrected chi connectivity index (χ3v) is 6.93. The van der Waals surface area contributed by atoms with Crippen LogP contribution in [0, 0.1) is 5.82 Å². The van der Waals surface area contributed by atoms with Crippen LogP contribution in [0.5, 0.6) is 5.75 Å².